The van der Waals surface area contributed by atoms with E-state index in [1.165, 1.54) is 17.8 Å². The molecule has 0 amide bonds. The maximum atomic E-state index is 12.8. The van der Waals surface area contributed by atoms with E-state index in [2.05, 4.69) is 4.98 Å². The van der Waals surface area contributed by atoms with Crippen molar-refractivity contribution in [2.75, 3.05) is 6.26 Å². The molecule has 2 rings (SSSR count). The minimum atomic E-state index is -4.54. The normalized spacial score (nSPS) is 12.0. The van der Waals surface area contributed by atoms with Crippen LogP contribution in [0.1, 0.15) is 11.5 Å². The predicted molar refractivity (Wildman–Crippen MR) is 62.5 cm³/mol. The maximum absolute atomic E-state index is 12.8. The van der Waals surface area contributed by atoms with Gasteiger partial charge in [-0.1, -0.05) is 6.07 Å². The first-order valence-electron chi connectivity index (χ1n) is 4.92. The number of hydrogen-bond acceptors (Lipinski definition) is 4. The van der Waals surface area contributed by atoms with Crippen LogP contribution < -0.4 is 5.63 Å². The summed E-state index contributed by atoms with van der Waals surface area (Å²) in [6.07, 6.45) is -2.81. The molecule has 0 radical (unpaired) electrons. The molecule has 2 aromatic rings. The van der Waals surface area contributed by atoms with Gasteiger partial charge in [0, 0.05) is 0 Å². The van der Waals surface area contributed by atoms with Gasteiger partial charge in [-0.15, -0.1) is 0 Å². The summed E-state index contributed by atoms with van der Waals surface area (Å²) in [6.45, 7) is 0. The highest BCUT2D eigenvalue weighted by Crippen LogP contribution is 2.33. The van der Waals surface area contributed by atoms with E-state index < -0.39 is 17.4 Å². The number of aromatic nitrogens is 1. The van der Waals surface area contributed by atoms with Gasteiger partial charge in [0.15, 0.2) is 0 Å². The summed E-state index contributed by atoms with van der Waals surface area (Å²) in [7, 11) is 0. The lowest BCUT2D eigenvalue weighted by Crippen LogP contribution is -2.11. The summed E-state index contributed by atoms with van der Waals surface area (Å²) >= 11 is 1.31. The highest BCUT2D eigenvalue weighted by atomic mass is 32.2. The van der Waals surface area contributed by atoms with Gasteiger partial charge in [-0.25, -0.2) is 9.78 Å². The van der Waals surface area contributed by atoms with E-state index in [0.717, 1.165) is 12.1 Å². The molecule has 0 aliphatic carbocycles. The van der Waals surface area contributed by atoms with Crippen molar-refractivity contribution in [2.45, 2.75) is 11.9 Å². The standard InChI is InChI=1S/C11H8F3NO2S/c1-18-5-8-15-9-6(10(16)17-8)3-2-4-7(9)11(12,13)14/h2-4H,5H2,1H3. The van der Waals surface area contributed by atoms with Crippen LogP contribution in [0.4, 0.5) is 13.2 Å². The second-order valence-corrected chi connectivity index (χ2v) is 4.39. The Morgan fingerprint density at radius 3 is 2.72 bits per heavy atom. The molecule has 1 aromatic heterocycles. The van der Waals surface area contributed by atoms with Crippen molar-refractivity contribution in [3.05, 3.63) is 40.1 Å². The van der Waals surface area contributed by atoms with E-state index in [1.807, 2.05) is 0 Å². The van der Waals surface area contributed by atoms with E-state index in [4.69, 9.17) is 4.42 Å². The number of halogens is 3. The lowest BCUT2D eigenvalue weighted by Gasteiger charge is -2.09. The lowest BCUT2D eigenvalue weighted by atomic mass is 10.1. The number of alkyl halides is 3. The summed E-state index contributed by atoms with van der Waals surface area (Å²) in [6, 6.07) is 3.34. The Labute approximate surface area is 104 Å². The van der Waals surface area contributed by atoms with E-state index in [1.54, 1.807) is 6.26 Å². The highest BCUT2D eigenvalue weighted by molar-refractivity contribution is 7.97. The first kappa shape index (κ1) is 12.9. The Bertz CT molecular complexity index is 636. The number of rotatable bonds is 2. The van der Waals surface area contributed by atoms with Crippen molar-refractivity contribution < 1.29 is 17.6 Å². The van der Waals surface area contributed by atoms with E-state index in [0.29, 0.717) is 0 Å². The van der Waals surface area contributed by atoms with Gasteiger partial charge >= 0.3 is 11.8 Å². The molecule has 0 N–H and O–H groups in total. The second kappa shape index (κ2) is 4.64. The number of thioether (sulfide) groups is 1. The lowest BCUT2D eigenvalue weighted by molar-refractivity contribution is -0.136. The first-order chi connectivity index (χ1) is 8.43. The van der Waals surface area contributed by atoms with Crippen LogP contribution in [0, 0.1) is 0 Å². The zero-order valence-corrected chi connectivity index (χ0v) is 10.1. The summed E-state index contributed by atoms with van der Waals surface area (Å²) in [5.74, 6) is 0.244. The molecule has 1 aromatic carbocycles. The molecule has 1 heterocycles. The third-order valence-electron chi connectivity index (χ3n) is 2.28. The smallest absolute Gasteiger partial charge is 0.407 e. The molecule has 3 nitrogen and oxygen atoms in total. The average Bonchev–Trinajstić information content (AvgIpc) is 2.27. The van der Waals surface area contributed by atoms with Gasteiger partial charge in [0.05, 0.1) is 22.2 Å². The largest absolute Gasteiger partial charge is 0.418 e. The molecule has 0 atom stereocenters. The summed E-state index contributed by atoms with van der Waals surface area (Å²) in [4.78, 5) is 15.4. The molecule has 0 saturated carbocycles. The predicted octanol–water partition coefficient (Wildman–Crippen LogP) is 3.07. The molecule has 0 aliphatic heterocycles. The molecule has 0 spiro atoms. The molecular formula is C11H8F3NO2S. The molecule has 0 unspecified atom stereocenters. The van der Waals surface area contributed by atoms with Gasteiger partial charge in [0.1, 0.15) is 0 Å². The fraction of sp³-hybridized carbons (Fsp3) is 0.273. The van der Waals surface area contributed by atoms with Gasteiger partial charge in [-0.3, -0.25) is 0 Å². The average molecular weight is 275 g/mol. The van der Waals surface area contributed by atoms with Gasteiger partial charge < -0.3 is 4.42 Å². The highest BCUT2D eigenvalue weighted by Gasteiger charge is 2.33. The van der Waals surface area contributed by atoms with Crippen molar-refractivity contribution in [3.8, 4) is 0 Å². The Balaban J connectivity index is 2.78. The number of benzene rings is 1. The number of nitrogens with zero attached hydrogens (tertiary/aromatic N) is 1. The van der Waals surface area contributed by atoms with Crippen molar-refractivity contribution >= 4 is 22.7 Å². The Hall–Kier alpha value is -1.50. The summed E-state index contributed by atoms with van der Waals surface area (Å²) < 4.78 is 43.2. The molecule has 0 saturated heterocycles. The molecular weight excluding hydrogens is 267 g/mol. The van der Waals surface area contributed by atoms with E-state index >= 15 is 0 Å². The summed E-state index contributed by atoms with van der Waals surface area (Å²) in [5, 5.41) is -0.158. The van der Waals surface area contributed by atoms with Crippen molar-refractivity contribution in [1.82, 2.24) is 4.98 Å². The van der Waals surface area contributed by atoms with Gasteiger partial charge in [0.2, 0.25) is 5.89 Å². The molecule has 0 fully saturated rings. The van der Waals surface area contributed by atoms with E-state index in [-0.39, 0.29) is 22.5 Å². The van der Waals surface area contributed by atoms with Crippen LogP contribution in [-0.4, -0.2) is 11.2 Å². The van der Waals surface area contributed by atoms with Crippen LogP contribution in [0.25, 0.3) is 10.9 Å². The van der Waals surface area contributed by atoms with Crippen LogP contribution >= 0.6 is 11.8 Å². The topological polar surface area (TPSA) is 43.1 Å². The minimum Gasteiger partial charge on any atom is -0.407 e. The van der Waals surface area contributed by atoms with Crippen LogP contribution in [0.5, 0.6) is 0 Å². The summed E-state index contributed by atoms with van der Waals surface area (Å²) in [5.41, 5.74) is -2.07. The first-order valence-corrected chi connectivity index (χ1v) is 6.31. The third-order valence-corrected chi connectivity index (χ3v) is 2.81. The Morgan fingerprint density at radius 2 is 2.11 bits per heavy atom. The Kier molecular flexibility index (Phi) is 3.34. The monoisotopic (exact) mass is 275 g/mol. The fourth-order valence-corrected chi connectivity index (χ4v) is 1.92. The van der Waals surface area contributed by atoms with Crippen molar-refractivity contribution in [3.63, 3.8) is 0 Å². The van der Waals surface area contributed by atoms with Crippen LogP contribution in [0.3, 0.4) is 0 Å². The molecule has 0 aliphatic rings. The molecule has 0 bridgehead atoms. The second-order valence-electron chi connectivity index (χ2n) is 3.53. The van der Waals surface area contributed by atoms with Crippen molar-refractivity contribution in [1.29, 1.82) is 0 Å². The van der Waals surface area contributed by atoms with Crippen LogP contribution in [0.15, 0.2) is 27.4 Å². The number of para-hydroxylation sites is 1. The SMILES string of the molecule is CSCc1nc2c(C(F)(F)F)cccc2c(=O)o1. The third kappa shape index (κ3) is 2.35. The minimum absolute atomic E-state index is 0.00306. The van der Waals surface area contributed by atoms with E-state index in [9.17, 15) is 18.0 Å². The Morgan fingerprint density at radius 1 is 1.39 bits per heavy atom. The van der Waals surface area contributed by atoms with Gasteiger partial charge in [-0.2, -0.15) is 24.9 Å². The van der Waals surface area contributed by atoms with Crippen LogP contribution in [-0.2, 0) is 11.9 Å². The van der Waals surface area contributed by atoms with Gasteiger partial charge in [-0.05, 0) is 18.4 Å². The zero-order valence-electron chi connectivity index (χ0n) is 9.25. The maximum Gasteiger partial charge on any atom is 0.418 e. The van der Waals surface area contributed by atoms with Gasteiger partial charge in [0.25, 0.3) is 0 Å². The molecule has 18 heavy (non-hydrogen) atoms. The molecule has 96 valence electrons. The molecule has 7 heteroatoms. The zero-order chi connectivity index (χ0) is 13.3. The van der Waals surface area contributed by atoms with Crippen LogP contribution in [0.2, 0.25) is 0 Å². The fourth-order valence-electron chi connectivity index (χ4n) is 1.55. The van der Waals surface area contributed by atoms with Crippen molar-refractivity contribution in [2.24, 2.45) is 0 Å². The number of hydrogen-bond donors (Lipinski definition) is 0. The number of fused-ring (bicyclic) bond motifs is 1. The quantitative estimate of drug-likeness (QED) is 0.844.